The zero-order valence-corrected chi connectivity index (χ0v) is 16.7. The Morgan fingerprint density at radius 1 is 1.04 bits per heavy atom. The van der Waals surface area contributed by atoms with Gasteiger partial charge in [-0.25, -0.2) is 0 Å². The molecule has 27 heavy (non-hydrogen) atoms. The van der Waals surface area contributed by atoms with E-state index in [-0.39, 0.29) is 11.0 Å². The standard InChI is InChI=1S/C23H29ClN2O/c24-19-7-5-8-20(17-19)25-15-13-22(21-9-1-4-14-26-21)10-6-16-27-23(18-22)11-2-3-12-23/h1,4-5,7-9,14,17,25H,2-3,6,10-13,15-16,18H2. The van der Waals surface area contributed by atoms with E-state index in [0.29, 0.717) is 0 Å². The van der Waals surface area contributed by atoms with Crippen molar-refractivity contribution in [2.45, 2.75) is 62.4 Å². The van der Waals surface area contributed by atoms with E-state index in [2.05, 4.69) is 23.5 Å². The summed E-state index contributed by atoms with van der Waals surface area (Å²) in [6.07, 6.45) is 11.3. The molecule has 1 spiro atoms. The molecule has 1 saturated carbocycles. The number of aromatic nitrogens is 1. The van der Waals surface area contributed by atoms with Crippen LogP contribution in [0.4, 0.5) is 5.69 Å². The number of ether oxygens (including phenoxy) is 1. The fourth-order valence-corrected chi connectivity index (χ4v) is 5.27. The average molecular weight is 385 g/mol. The average Bonchev–Trinajstić information content (AvgIpc) is 3.05. The maximum atomic E-state index is 6.44. The van der Waals surface area contributed by atoms with Crippen LogP contribution in [0.25, 0.3) is 0 Å². The lowest BCUT2D eigenvalue weighted by atomic mass is 9.69. The molecule has 3 nitrogen and oxygen atoms in total. The van der Waals surface area contributed by atoms with Gasteiger partial charge in [0.15, 0.2) is 0 Å². The Bertz CT molecular complexity index is 745. The van der Waals surface area contributed by atoms with E-state index in [1.54, 1.807) is 0 Å². The number of benzene rings is 1. The van der Waals surface area contributed by atoms with Crippen LogP contribution in [0.5, 0.6) is 0 Å². The number of pyridine rings is 1. The van der Waals surface area contributed by atoms with Crippen LogP contribution in [-0.4, -0.2) is 23.7 Å². The Hall–Kier alpha value is -1.58. The van der Waals surface area contributed by atoms with Crippen molar-refractivity contribution in [1.82, 2.24) is 4.98 Å². The minimum atomic E-state index is 0.0596. The molecule has 144 valence electrons. The summed E-state index contributed by atoms with van der Waals surface area (Å²) in [4.78, 5) is 4.81. The minimum Gasteiger partial charge on any atom is -0.385 e. The van der Waals surface area contributed by atoms with Gasteiger partial charge >= 0.3 is 0 Å². The molecule has 2 aliphatic rings. The largest absolute Gasteiger partial charge is 0.385 e. The molecule has 2 heterocycles. The van der Waals surface area contributed by atoms with Crippen LogP contribution in [0, 0.1) is 0 Å². The molecule has 1 aromatic heterocycles. The van der Waals surface area contributed by atoms with Crippen molar-refractivity contribution < 1.29 is 4.74 Å². The van der Waals surface area contributed by atoms with Crippen LogP contribution < -0.4 is 5.32 Å². The summed E-state index contributed by atoms with van der Waals surface area (Å²) in [6.45, 7) is 1.79. The highest BCUT2D eigenvalue weighted by Crippen LogP contribution is 2.48. The van der Waals surface area contributed by atoms with Gasteiger partial charge in [0.25, 0.3) is 0 Å². The summed E-state index contributed by atoms with van der Waals surface area (Å²) in [6, 6.07) is 14.3. The third-order valence-electron chi connectivity index (χ3n) is 6.35. The smallest absolute Gasteiger partial charge is 0.0691 e. The molecule has 4 rings (SSSR count). The maximum absolute atomic E-state index is 6.44. The molecule has 1 N–H and O–H groups in total. The molecular formula is C23H29ClN2O. The quantitative estimate of drug-likeness (QED) is 0.687. The summed E-state index contributed by atoms with van der Waals surface area (Å²) in [5, 5.41) is 4.34. The highest BCUT2D eigenvalue weighted by Gasteiger charge is 2.46. The van der Waals surface area contributed by atoms with Gasteiger partial charge in [0, 0.05) is 41.2 Å². The number of anilines is 1. The third kappa shape index (κ3) is 4.30. The van der Waals surface area contributed by atoms with E-state index in [1.807, 2.05) is 30.5 Å². The van der Waals surface area contributed by atoms with Gasteiger partial charge in [-0.3, -0.25) is 4.98 Å². The van der Waals surface area contributed by atoms with Crippen molar-refractivity contribution in [3.05, 3.63) is 59.4 Å². The second-order valence-electron chi connectivity index (χ2n) is 8.20. The zero-order chi connectivity index (χ0) is 18.6. The van der Waals surface area contributed by atoms with Gasteiger partial charge in [-0.1, -0.05) is 36.6 Å². The third-order valence-corrected chi connectivity index (χ3v) is 6.58. The molecule has 1 atom stereocenters. The molecule has 2 fully saturated rings. The van der Waals surface area contributed by atoms with Crippen molar-refractivity contribution in [3.8, 4) is 0 Å². The first-order valence-corrected chi connectivity index (χ1v) is 10.6. The molecule has 0 amide bonds. The van der Waals surface area contributed by atoms with Crippen LogP contribution in [-0.2, 0) is 10.2 Å². The lowest BCUT2D eigenvalue weighted by Crippen LogP contribution is -2.39. The fourth-order valence-electron chi connectivity index (χ4n) is 5.08. The molecule has 4 heteroatoms. The molecule has 1 aliphatic carbocycles. The minimum absolute atomic E-state index is 0.0596. The lowest BCUT2D eigenvalue weighted by Gasteiger charge is -2.39. The summed E-state index contributed by atoms with van der Waals surface area (Å²) >= 11 is 6.13. The number of hydrogen-bond acceptors (Lipinski definition) is 3. The second-order valence-corrected chi connectivity index (χ2v) is 8.64. The second kappa shape index (κ2) is 8.20. The van der Waals surface area contributed by atoms with Gasteiger partial charge in [0.2, 0.25) is 0 Å². The number of nitrogens with one attached hydrogen (secondary N) is 1. The number of nitrogens with zero attached hydrogens (tertiary/aromatic N) is 1. The Morgan fingerprint density at radius 3 is 2.70 bits per heavy atom. The van der Waals surface area contributed by atoms with E-state index in [0.717, 1.165) is 49.5 Å². The van der Waals surface area contributed by atoms with Crippen molar-refractivity contribution in [2.24, 2.45) is 0 Å². The van der Waals surface area contributed by atoms with Gasteiger partial charge in [-0.15, -0.1) is 0 Å². The predicted molar refractivity (Wildman–Crippen MR) is 111 cm³/mol. The fraction of sp³-hybridized carbons (Fsp3) is 0.522. The first kappa shape index (κ1) is 18.8. The molecule has 1 unspecified atom stereocenters. The van der Waals surface area contributed by atoms with Crippen LogP contribution in [0.2, 0.25) is 5.02 Å². The van der Waals surface area contributed by atoms with Crippen molar-refractivity contribution in [2.75, 3.05) is 18.5 Å². The monoisotopic (exact) mass is 384 g/mol. The summed E-state index contributed by atoms with van der Waals surface area (Å²) < 4.78 is 6.44. The predicted octanol–water partition coefficient (Wildman–Crippen LogP) is 5.99. The first-order valence-electron chi connectivity index (χ1n) is 10.2. The van der Waals surface area contributed by atoms with Crippen molar-refractivity contribution in [3.63, 3.8) is 0 Å². The number of rotatable bonds is 5. The Kier molecular flexibility index (Phi) is 5.70. The van der Waals surface area contributed by atoms with Crippen LogP contribution in [0.1, 0.15) is 57.1 Å². The highest BCUT2D eigenvalue weighted by atomic mass is 35.5. The van der Waals surface area contributed by atoms with Crippen molar-refractivity contribution >= 4 is 17.3 Å². The highest BCUT2D eigenvalue weighted by molar-refractivity contribution is 6.30. The van der Waals surface area contributed by atoms with E-state index < -0.39 is 0 Å². The number of hydrogen-bond donors (Lipinski definition) is 1. The molecular weight excluding hydrogens is 356 g/mol. The summed E-state index contributed by atoms with van der Waals surface area (Å²) in [5.74, 6) is 0. The molecule has 0 bridgehead atoms. The van der Waals surface area contributed by atoms with Crippen LogP contribution in [0.15, 0.2) is 48.7 Å². The maximum Gasteiger partial charge on any atom is 0.0691 e. The van der Waals surface area contributed by atoms with E-state index >= 15 is 0 Å². The topological polar surface area (TPSA) is 34.2 Å². The van der Waals surface area contributed by atoms with Gasteiger partial charge in [0.1, 0.15) is 0 Å². The van der Waals surface area contributed by atoms with Crippen LogP contribution >= 0.6 is 11.6 Å². The molecule has 0 radical (unpaired) electrons. The van der Waals surface area contributed by atoms with Gasteiger partial charge < -0.3 is 10.1 Å². The molecule has 1 aliphatic heterocycles. The lowest BCUT2D eigenvalue weighted by molar-refractivity contribution is -0.0458. The van der Waals surface area contributed by atoms with Gasteiger partial charge in [-0.2, -0.15) is 0 Å². The zero-order valence-electron chi connectivity index (χ0n) is 15.9. The summed E-state index contributed by atoms with van der Waals surface area (Å²) in [7, 11) is 0. The Balaban J connectivity index is 1.56. The normalized spacial score (nSPS) is 24.6. The van der Waals surface area contributed by atoms with Crippen LogP contribution in [0.3, 0.4) is 0 Å². The van der Waals surface area contributed by atoms with E-state index in [9.17, 15) is 0 Å². The van der Waals surface area contributed by atoms with Crippen molar-refractivity contribution in [1.29, 1.82) is 0 Å². The van der Waals surface area contributed by atoms with Gasteiger partial charge in [0.05, 0.1) is 5.60 Å². The molecule has 1 saturated heterocycles. The molecule has 2 aromatic rings. The Labute approximate surface area is 167 Å². The number of halogens is 1. The summed E-state index contributed by atoms with van der Waals surface area (Å²) in [5.41, 5.74) is 2.45. The van der Waals surface area contributed by atoms with E-state index in [1.165, 1.54) is 31.4 Å². The first-order chi connectivity index (χ1) is 13.2. The van der Waals surface area contributed by atoms with Gasteiger partial charge in [-0.05, 0) is 68.9 Å². The molecule has 1 aromatic carbocycles. The van der Waals surface area contributed by atoms with E-state index in [4.69, 9.17) is 21.3 Å². The Morgan fingerprint density at radius 2 is 1.93 bits per heavy atom. The SMILES string of the molecule is Clc1cccc(NCCC2(c3ccccn3)CCCOC3(CCCC3)C2)c1.